The van der Waals surface area contributed by atoms with Crippen molar-refractivity contribution in [2.45, 2.75) is 53.0 Å². The lowest BCUT2D eigenvalue weighted by Gasteiger charge is -2.19. The van der Waals surface area contributed by atoms with E-state index in [0.29, 0.717) is 17.9 Å². The van der Waals surface area contributed by atoms with Gasteiger partial charge in [0.05, 0.1) is 0 Å². The van der Waals surface area contributed by atoms with E-state index in [-0.39, 0.29) is 0 Å². The molecule has 1 fully saturated rings. The Kier molecular flexibility index (Phi) is 5.59. The summed E-state index contributed by atoms with van der Waals surface area (Å²) in [7, 11) is 0. The number of nitrogens with zero attached hydrogens (tertiary/aromatic N) is 4. The van der Waals surface area contributed by atoms with E-state index in [1.165, 1.54) is 19.3 Å². The summed E-state index contributed by atoms with van der Waals surface area (Å²) in [6.45, 7) is 11.1. The van der Waals surface area contributed by atoms with Crippen LogP contribution in [0.3, 0.4) is 0 Å². The zero-order chi connectivity index (χ0) is 15.2. The Bertz CT molecular complexity index is 446. The minimum atomic E-state index is 0.534. The van der Waals surface area contributed by atoms with Crippen LogP contribution in [-0.2, 0) is 0 Å². The lowest BCUT2D eigenvalue weighted by molar-refractivity contribution is 0.690. The summed E-state index contributed by atoms with van der Waals surface area (Å²) in [5, 5.41) is 6.66. The molecule has 2 rings (SSSR count). The number of rotatable bonds is 9. The van der Waals surface area contributed by atoms with Crippen LogP contribution in [0.2, 0.25) is 0 Å². The van der Waals surface area contributed by atoms with Crippen LogP contribution >= 0.6 is 0 Å². The zero-order valence-corrected chi connectivity index (χ0v) is 13.7. The molecule has 0 radical (unpaired) electrons. The van der Waals surface area contributed by atoms with Crippen molar-refractivity contribution < 1.29 is 0 Å². The number of anilines is 3. The quantitative estimate of drug-likeness (QED) is 0.729. The van der Waals surface area contributed by atoms with Crippen molar-refractivity contribution in [3.05, 3.63) is 0 Å². The Morgan fingerprint density at radius 1 is 1.05 bits per heavy atom. The topological polar surface area (TPSA) is 66.0 Å². The van der Waals surface area contributed by atoms with Crippen LogP contribution in [0, 0.1) is 5.92 Å². The lowest BCUT2D eigenvalue weighted by Crippen LogP contribution is -2.25. The highest BCUT2D eigenvalue weighted by Crippen LogP contribution is 2.36. The van der Waals surface area contributed by atoms with Crippen LogP contribution in [0.1, 0.15) is 47.0 Å². The van der Waals surface area contributed by atoms with Gasteiger partial charge in [-0.05, 0) is 39.5 Å². The van der Waals surface area contributed by atoms with Gasteiger partial charge < -0.3 is 15.5 Å². The van der Waals surface area contributed by atoms with Crippen molar-refractivity contribution in [2.24, 2.45) is 5.92 Å². The van der Waals surface area contributed by atoms with E-state index in [0.717, 1.165) is 31.5 Å². The van der Waals surface area contributed by atoms with Crippen molar-refractivity contribution in [2.75, 3.05) is 35.2 Å². The Morgan fingerprint density at radius 3 is 2.38 bits per heavy atom. The smallest absolute Gasteiger partial charge is 0.231 e. The van der Waals surface area contributed by atoms with E-state index < -0.39 is 0 Å². The molecule has 6 nitrogen and oxygen atoms in total. The highest BCUT2D eigenvalue weighted by Gasteiger charge is 2.36. The largest absolute Gasteiger partial charge is 0.354 e. The molecule has 0 amide bonds. The van der Waals surface area contributed by atoms with E-state index >= 15 is 0 Å². The highest BCUT2D eigenvalue weighted by atomic mass is 15.3. The normalized spacial score (nSPS) is 20.2. The molecule has 2 unspecified atom stereocenters. The molecule has 0 saturated heterocycles. The minimum Gasteiger partial charge on any atom is -0.354 e. The first-order valence-electron chi connectivity index (χ1n) is 8.23. The standard InChI is InChI=1S/C15H28N6/c1-5-9-11-10-12(11)17-14-18-13(16-6-2)19-15(20-14)21(7-3)8-4/h11-12H,5-10H2,1-4H3,(H2,16,17,18,19,20). The molecule has 1 aliphatic rings. The summed E-state index contributed by atoms with van der Waals surface area (Å²) in [6.07, 6.45) is 3.76. The molecule has 0 aromatic carbocycles. The lowest BCUT2D eigenvalue weighted by atomic mass is 10.2. The van der Waals surface area contributed by atoms with Crippen LogP contribution in [0.5, 0.6) is 0 Å². The fourth-order valence-corrected chi connectivity index (χ4v) is 2.59. The van der Waals surface area contributed by atoms with Crippen LogP contribution in [0.25, 0.3) is 0 Å². The second-order valence-corrected chi connectivity index (χ2v) is 5.52. The molecule has 1 aliphatic carbocycles. The molecular formula is C15H28N6. The van der Waals surface area contributed by atoms with Crippen LogP contribution in [0.15, 0.2) is 0 Å². The van der Waals surface area contributed by atoms with Gasteiger partial charge in [0.1, 0.15) is 0 Å². The maximum Gasteiger partial charge on any atom is 0.231 e. The third kappa shape index (κ3) is 4.19. The van der Waals surface area contributed by atoms with Crippen LogP contribution in [-0.4, -0.2) is 40.6 Å². The van der Waals surface area contributed by atoms with Gasteiger partial charge >= 0.3 is 0 Å². The van der Waals surface area contributed by atoms with Gasteiger partial charge in [0, 0.05) is 25.7 Å². The molecular weight excluding hydrogens is 264 g/mol. The molecule has 0 spiro atoms. The fourth-order valence-electron chi connectivity index (χ4n) is 2.59. The summed E-state index contributed by atoms with van der Waals surface area (Å²) in [6, 6.07) is 0.534. The molecule has 1 saturated carbocycles. The Labute approximate surface area is 127 Å². The summed E-state index contributed by atoms with van der Waals surface area (Å²) >= 11 is 0. The molecule has 1 heterocycles. The first-order valence-corrected chi connectivity index (χ1v) is 8.23. The predicted molar refractivity (Wildman–Crippen MR) is 88.0 cm³/mol. The summed E-state index contributed by atoms with van der Waals surface area (Å²) in [5.74, 6) is 2.89. The SMILES string of the molecule is CCCC1CC1Nc1nc(NCC)nc(N(CC)CC)n1. The number of aromatic nitrogens is 3. The molecule has 6 heteroatoms. The van der Waals surface area contributed by atoms with Crippen molar-refractivity contribution in [3.8, 4) is 0 Å². The highest BCUT2D eigenvalue weighted by molar-refractivity contribution is 5.44. The van der Waals surface area contributed by atoms with E-state index in [2.05, 4.69) is 51.3 Å². The molecule has 2 atom stereocenters. The Hall–Kier alpha value is -1.59. The molecule has 1 aromatic rings. The third-order valence-electron chi connectivity index (χ3n) is 3.90. The number of nitrogens with one attached hydrogen (secondary N) is 2. The Morgan fingerprint density at radius 2 is 1.76 bits per heavy atom. The van der Waals surface area contributed by atoms with Crippen molar-refractivity contribution >= 4 is 17.8 Å². The van der Waals surface area contributed by atoms with E-state index in [9.17, 15) is 0 Å². The third-order valence-corrected chi connectivity index (χ3v) is 3.90. The van der Waals surface area contributed by atoms with E-state index in [1.807, 2.05) is 6.92 Å². The molecule has 1 aromatic heterocycles. The van der Waals surface area contributed by atoms with Gasteiger partial charge in [-0.15, -0.1) is 0 Å². The summed E-state index contributed by atoms with van der Waals surface area (Å²) in [4.78, 5) is 15.7. The van der Waals surface area contributed by atoms with Crippen molar-refractivity contribution in [1.29, 1.82) is 0 Å². The van der Waals surface area contributed by atoms with Crippen molar-refractivity contribution in [3.63, 3.8) is 0 Å². The molecule has 118 valence electrons. The van der Waals surface area contributed by atoms with Gasteiger partial charge in [-0.2, -0.15) is 15.0 Å². The van der Waals surface area contributed by atoms with Gasteiger partial charge in [-0.1, -0.05) is 13.3 Å². The van der Waals surface area contributed by atoms with Crippen LogP contribution < -0.4 is 15.5 Å². The predicted octanol–water partition coefficient (Wildman–Crippen LogP) is 2.75. The second-order valence-electron chi connectivity index (χ2n) is 5.52. The summed E-state index contributed by atoms with van der Waals surface area (Å²) < 4.78 is 0. The molecule has 0 aliphatic heterocycles. The van der Waals surface area contributed by atoms with Crippen molar-refractivity contribution in [1.82, 2.24) is 15.0 Å². The van der Waals surface area contributed by atoms with Crippen LogP contribution in [0.4, 0.5) is 17.8 Å². The first kappa shape index (κ1) is 15.8. The van der Waals surface area contributed by atoms with Gasteiger partial charge in [-0.3, -0.25) is 0 Å². The average molecular weight is 292 g/mol. The maximum absolute atomic E-state index is 4.58. The number of hydrogen-bond donors (Lipinski definition) is 2. The number of hydrogen-bond acceptors (Lipinski definition) is 6. The first-order chi connectivity index (χ1) is 10.2. The van der Waals surface area contributed by atoms with E-state index in [1.54, 1.807) is 0 Å². The monoisotopic (exact) mass is 292 g/mol. The van der Waals surface area contributed by atoms with Gasteiger partial charge in [-0.25, -0.2) is 0 Å². The summed E-state index contributed by atoms with van der Waals surface area (Å²) in [5.41, 5.74) is 0. The average Bonchev–Trinajstić information content (AvgIpc) is 3.18. The van der Waals surface area contributed by atoms with E-state index in [4.69, 9.17) is 0 Å². The van der Waals surface area contributed by atoms with Gasteiger partial charge in [0.2, 0.25) is 17.8 Å². The maximum atomic E-state index is 4.58. The fraction of sp³-hybridized carbons (Fsp3) is 0.800. The molecule has 21 heavy (non-hydrogen) atoms. The molecule has 2 N–H and O–H groups in total. The van der Waals surface area contributed by atoms with Gasteiger partial charge in [0.15, 0.2) is 0 Å². The zero-order valence-electron chi connectivity index (χ0n) is 13.7. The van der Waals surface area contributed by atoms with Gasteiger partial charge in [0.25, 0.3) is 0 Å². The minimum absolute atomic E-state index is 0.534. The molecule has 0 bridgehead atoms. The Balaban J connectivity index is 2.12. The second kappa shape index (κ2) is 7.43.